The third-order valence-electron chi connectivity index (χ3n) is 3.52. The Balaban J connectivity index is 1.85. The second kappa shape index (κ2) is 5.12. The lowest BCUT2D eigenvalue weighted by molar-refractivity contribution is 0.325. The molecule has 6 nitrogen and oxygen atoms in total. The number of nitrogens with one attached hydrogen (secondary N) is 1. The summed E-state index contributed by atoms with van der Waals surface area (Å²) in [5.74, 6) is 0.809. The summed E-state index contributed by atoms with van der Waals surface area (Å²) in [7, 11) is -1.96. The second-order valence-electron chi connectivity index (χ2n) is 5.34. The maximum absolute atomic E-state index is 12.0. The summed E-state index contributed by atoms with van der Waals surface area (Å²) in [6.45, 7) is 0.144. The molecule has 0 radical (unpaired) electrons. The Labute approximate surface area is 127 Å². The van der Waals surface area contributed by atoms with E-state index in [4.69, 9.17) is 15.4 Å². The summed E-state index contributed by atoms with van der Waals surface area (Å²) in [6.07, 6.45) is 1.88. The van der Waals surface area contributed by atoms with Crippen molar-refractivity contribution < 1.29 is 21.6 Å². The number of hydrogen-bond acceptors (Lipinski definition) is 5. The lowest BCUT2D eigenvalue weighted by Gasteiger charge is -2.12. The lowest BCUT2D eigenvalue weighted by Crippen LogP contribution is -2.32. The molecule has 3 rings (SSSR count). The van der Waals surface area contributed by atoms with Crippen LogP contribution in [0.1, 0.15) is 24.4 Å². The van der Waals surface area contributed by atoms with Crippen molar-refractivity contribution in [1.82, 2.24) is 4.72 Å². The van der Waals surface area contributed by atoms with Gasteiger partial charge in [-0.05, 0) is 37.0 Å². The molecule has 0 spiro atoms. The zero-order valence-electron chi connectivity index (χ0n) is 11.0. The number of rotatable bonds is 5. The standard InChI is InChI=1S/C12H14ClNO5S2/c13-21(17,18)9-3-4-12-10(5-9)11(6-19-12)14-20(15,16)7-8-1-2-8/h3-5,8,11,14H,1-2,6-7H2. The molecular formula is C12H14ClNO5S2. The third kappa shape index (κ3) is 3.50. The molecular weight excluding hydrogens is 338 g/mol. The van der Waals surface area contributed by atoms with Gasteiger partial charge >= 0.3 is 0 Å². The molecule has 1 heterocycles. The number of halogens is 1. The zero-order valence-corrected chi connectivity index (χ0v) is 13.3. The van der Waals surface area contributed by atoms with Gasteiger partial charge in [-0.1, -0.05) is 0 Å². The van der Waals surface area contributed by atoms with E-state index in [0.29, 0.717) is 11.3 Å². The first-order chi connectivity index (χ1) is 9.74. The molecule has 0 bridgehead atoms. The minimum absolute atomic E-state index is 0.0696. The number of sulfonamides is 1. The fourth-order valence-electron chi connectivity index (χ4n) is 2.30. The van der Waals surface area contributed by atoms with Crippen LogP contribution >= 0.6 is 10.7 Å². The number of hydrogen-bond donors (Lipinski definition) is 1. The highest BCUT2D eigenvalue weighted by Crippen LogP contribution is 2.36. The molecule has 1 unspecified atom stereocenters. The topological polar surface area (TPSA) is 89.5 Å². The Hall–Kier alpha value is -0.830. The molecule has 1 aromatic carbocycles. The first-order valence-corrected chi connectivity index (χ1v) is 10.4. The molecule has 1 fully saturated rings. The summed E-state index contributed by atoms with van der Waals surface area (Å²) >= 11 is 0. The summed E-state index contributed by atoms with van der Waals surface area (Å²) in [4.78, 5) is -0.0696. The van der Waals surface area contributed by atoms with Crippen LogP contribution in [0.3, 0.4) is 0 Å². The average Bonchev–Trinajstić information content (AvgIpc) is 3.07. The molecule has 116 valence electrons. The molecule has 1 aromatic rings. The smallest absolute Gasteiger partial charge is 0.261 e. The van der Waals surface area contributed by atoms with Crippen LogP contribution in [-0.2, 0) is 19.1 Å². The van der Waals surface area contributed by atoms with E-state index < -0.39 is 25.1 Å². The predicted octanol–water partition coefficient (Wildman–Crippen LogP) is 1.38. The van der Waals surface area contributed by atoms with Crippen molar-refractivity contribution in [3.05, 3.63) is 23.8 Å². The van der Waals surface area contributed by atoms with Gasteiger partial charge in [0.2, 0.25) is 10.0 Å². The van der Waals surface area contributed by atoms with Gasteiger partial charge in [-0.25, -0.2) is 21.6 Å². The minimum atomic E-state index is -3.86. The van der Waals surface area contributed by atoms with Gasteiger partial charge in [0.25, 0.3) is 9.05 Å². The highest BCUT2D eigenvalue weighted by molar-refractivity contribution is 8.13. The van der Waals surface area contributed by atoms with E-state index in [0.717, 1.165) is 12.8 Å². The van der Waals surface area contributed by atoms with E-state index in [1.807, 2.05) is 0 Å². The Morgan fingerprint density at radius 1 is 1.24 bits per heavy atom. The van der Waals surface area contributed by atoms with Gasteiger partial charge in [0, 0.05) is 16.2 Å². The molecule has 21 heavy (non-hydrogen) atoms. The van der Waals surface area contributed by atoms with Crippen LogP contribution in [-0.4, -0.2) is 29.2 Å². The van der Waals surface area contributed by atoms with Crippen molar-refractivity contribution >= 4 is 29.8 Å². The van der Waals surface area contributed by atoms with Crippen LogP contribution in [0, 0.1) is 5.92 Å². The molecule has 0 aromatic heterocycles. The van der Waals surface area contributed by atoms with E-state index in [9.17, 15) is 16.8 Å². The van der Waals surface area contributed by atoms with Gasteiger partial charge < -0.3 is 4.74 Å². The predicted molar refractivity (Wildman–Crippen MR) is 77.4 cm³/mol. The fourth-order valence-corrected chi connectivity index (χ4v) is 4.77. The monoisotopic (exact) mass is 351 g/mol. The largest absolute Gasteiger partial charge is 0.491 e. The van der Waals surface area contributed by atoms with Gasteiger partial charge in [0.15, 0.2) is 0 Å². The van der Waals surface area contributed by atoms with Gasteiger partial charge in [-0.2, -0.15) is 0 Å². The van der Waals surface area contributed by atoms with Crippen molar-refractivity contribution in [1.29, 1.82) is 0 Å². The number of benzene rings is 1. The Bertz CT molecular complexity index is 771. The summed E-state index contributed by atoms with van der Waals surface area (Å²) in [5, 5.41) is 0. The summed E-state index contributed by atoms with van der Waals surface area (Å²) < 4.78 is 54.7. The lowest BCUT2D eigenvalue weighted by atomic mass is 10.1. The van der Waals surface area contributed by atoms with E-state index in [2.05, 4.69) is 4.72 Å². The van der Waals surface area contributed by atoms with Crippen LogP contribution in [0.5, 0.6) is 5.75 Å². The van der Waals surface area contributed by atoms with Crippen LogP contribution in [0.2, 0.25) is 0 Å². The van der Waals surface area contributed by atoms with Crippen molar-refractivity contribution in [3.63, 3.8) is 0 Å². The van der Waals surface area contributed by atoms with Crippen molar-refractivity contribution in [2.75, 3.05) is 12.4 Å². The van der Waals surface area contributed by atoms with Gasteiger partial charge in [0.05, 0.1) is 16.7 Å². The molecule has 1 aliphatic carbocycles. The van der Waals surface area contributed by atoms with E-state index in [-0.39, 0.29) is 23.2 Å². The highest BCUT2D eigenvalue weighted by atomic mass is 35.7. The van der Waals surface area contributed by atoms with Gasteiger partial charge in [-0.15, -0.1) is 0 Å². The average molecular weight is 352 g/mol. The second-order valence-corrected chi connectivity index (χ2v) is 9.71. The molecule has 0 amide bonds. The SMILES string of the molecule is O=S(=O)(CC1CC1)NC1COc2ccc(S(=O)(=O)Cl)cc21. The minimum Gasteiger partial charge on any atom is -0.491 e. The van der Waals surface area contributed by atoms with E-state index >= 15 is 0 Å². The number of fused-ring (bicyclic) bond motifs is 1. The first-order valence-electron chi connectivity index (χ1n) is 6.46. The van der Waals surface area contributed by atoms with Gasteiger partial charge in [-0.3, -0.25) is 0 Å². The van der Waals surface area contributed by atoms with Crippen molar-refractivity contribution in [2.45, 2.75) is 23.8 Å². The van der Waals surface area contributed by atoms with E-state index in [1.54, 1.807) is 0 Å². The summed E-state index contributed by atoms with van der Waals surface area (Å²) in [6, 6.07) is 3.60. The van der Waals surface area contributed by atoms with Crippen LogP contribution in [0.25, 0.3) is 0 Å². The first kappa shape index (κ1) is 15.1. The molecule has 1 N–H and O–H groups in total. The molecule has 2 aliphatic rings. The van der Waals surface area contributed by atoms with Gasteiger partial charge in [0.1, 0.15) is 12.4 Å². The maximum Gasteiger partial charge on any atom is 0.261 e. The molecule has 1 saturated carbocycles. The fraction of sp³-hybridized carbons (Fsp3) is 0.500. The number of ether oxygens (including phenoxy) is 1. The highest BCUT2D eigenvalue weighted by Gasteiger charge is 2.33. The summed E-state index contributed by atoms with van der Waals surface area (Å²) in [5.41, 5.74) is 0.496. The Morgan fingerprint density at radius 3 is 2.57 bits per heavy atom. The maximum atomic E-state index is 12.0. The third-order valence-corrected chi connectivity index (χ3v) is 6.42. The quantitative estimate of drug-likeness (QED) is 0.809. The van der Waals surface area contributed by atoms with E-state index in [1.165, 1.54) is 18.2 Å². The normalized spacial score (nSPS) is 21.9. The van der Waals surface area contributed by atoms with Crippen LogP contribution in [0.15, 0.2) is 23.1 Å². The Kier molecular flexibility index (Phi) is 3.67. The molecule has 1 atom stereocenters. The Morgan fingerprint density at radius 2 is 1.95 bits per heavy atom. The molecule has 0 saturated heterocycles. The van der Waals surface area contributed by atoms with Crippen LogP contribution in [0.4, 0.5) is 0 Å². The zero-order chi connectivity index (χ0) is 15.3. The van der Waals surface area contributed by atoms with Crippen molar-refractivity contribution in [3.8, 4) is 5.75 Å². The van der Waals surface area contributed by atoms with Crippen molar-refractivity contribution in [2.24, 2.45) is 5.92 Å². The molecule has 9 heteroatoms. The van der Waals surface area contributed by atoms with Crippen LogP contribution < -0.4 is 9.46 Å². The molecule has 1 aliphatic heterocycles.